The molecule has 2 aromatic rings. The zero-order chi connectivity index (χ0) is 16.5. The van der Waals surface area contributed by atoms with Gasteiger partial charge in [-0.3, -0.25) is 4.79 Å². The number of Topliss-reactive ketones (excluding diaryl/α,β-unsaturated/α-hetero) is 1. The highest BCUT2D eigenvalue weighted by Crippen LogP contribution is 2.17. The minimum Gasteiger partial charge on any atom is -0.342 e. The van der Waals surface area contributed by atoms with Crippen molar-refractivity contribution in [3.63, 3.8) is 0 Å². The van der Waals surface area contributed by atoms with Crippen molar-refractivity contribution >= 4 is 5.78 Å². The molecule has 0 saturated heterocycles. The summed E-state index contributed by atoms with van der Waals surface area (Å²) >= 11 is 0. The molecule has 0 saturated carbocycles. The van der Waals surface area contributed by atoms with Gasteiger partial charge in [-0.15, -0.1) is 0 Å². The minimum atomic E-state index is -0.240. The average Bonchev–Trinajstić information content (AvgIpc) is 3.00. The van der Waals surface area contributed by atoms with Crippen LogP contribution >= 0.6 is 0 Å². The van der Waals surface area contributed by atoms with Crippen LogP contribution in [0.1, 0.15) is 44.9 Å². The molecule has 0 aliphatic rings. The molecule has 0 aliphatic carbocycles. The molecule has 122 valence electrons. The molecule has 0 spiro atoms. The van der Waals surface area contributed by atoms with Crippen LogP contribution in [0.2, 0.25) is 0 Å². The fraction of sp³-hybridized carbons (Fsp3) is 0.368. The molecule has 1 aromatic heterocycles. The smallest absolute Gasteiger partial charge is 0.133 e. The van der Waals surface area contributed by atoms with Crippen LogP contribution in [0.15, 0.2) is 42.6 Å². The normalized spacial score (nSPS) is 11.2. The molecule has 1 heterocycles. The van der Waals surface area contributed by atoms with E-state index in [1.165, 1.54) is 12.1 Å². The van der Waals surface area contributed by atoms with Crippen molar-refractivity contribution in [2.75, 3.05) is 0 Å². The van der Waals surface area contributed by atoms with E-state index in [2.05, 4.69) is 22.1 Å². The second kappa shape index (κ2) is 9.03. The summed E-state index contributed by atoms with van der Waals surface area (Å²) in [5, 5.41) is 0. The third-order valence-corrected chi connectivity index (χ3v) is 3.62. The van der Waals surface area contributed by atoms with E-state index < -0.39 is 0 Å². The molecule has 3 nitrogen and oxygen atoms in total. The SMILES string of the molecule is CCCC(=O)CCC=CCCc1ncc(-c2ccc(F)cc2)[nH]1. The number of aromatic nitrogens is 2. The van der Waals surface area contributed by atoms with E-state index in [1.54, 1.807) is 18.3 Å². The first-order valence-corrected chi connectivity index (χ1v) is 8.15. The van der Waals surface area contributed by atoms with Crippen LogP contribution in [0.4, 0.5) is 4.39 Å². The Kier molecular flexibility index (Phi) is 6.73. The summed E-state index contributed by atoms with van der Waals surface area (Å²) in [5.74, 6) is 1.01. The number of aryl methyl sites for hydroxylation is 1. The number of ketones is 1. The number of allylic oxidation sites excluding steroid dienone is 2. The number of benzene rings is 1. The number of carbonyl (C=O) groups is 1. The lowest BCUT2D eigenvalue weighted by Crippen LogP contribution is -1.94. The quantitative estimate of drug-likeness (QED) is 0.672. The van der Waals surface area contributed by atoms with Crippen LogP contribution in [0.25, 0.3) is 11.3 Å². The summed E-state index contributed by atoms with van der Waals surface area (Å²) in [6, 6.07) is 6.36. The number of nitrogens with one attached hydrogen (secondary N) is 1. The van der Waals surface area contributed by atoms with Gasteiger partial charge in [0.2, 0.25) is 0 Å². The number of aromatic amines is 1. The number of halogens is 1. The lowest BCUT2D eigenvalue weighted by Gasteiger charge is -1.97. The second-order valence-corrected chi connectivity index (χ2v) is 5.59. The van der Waals surface area contributed by atoms with Gasteiger partial charge in [0, 0.05) is 19.3 Å². The molecule has 0 unspecified atom stereocenters. The monoisotopic (exact) mass is 314 g/mol. The Bertz CT molecular complexity index is 644. The van der Waals surface area contributed by atoms with E-state index in [1.807, 2.05) is 6.92 Å². The van der Waals surface area contributed by atoms with Crippen LogP contribution in [0.3, 0.4) is 0 Å². The lowest BCUT2D eigenvalue weighted by molar-refractivity contribution is -0.119. The van der Waals surface area contributed by atoms with E-state index in [4.69, 9.17) is 0 Å². The summed E-state index contributed by atoms with van der Waals surface area (Å²) in [4.78, 5) is 19.0. The fourth-order valence-electron chi connectivity index (χ4n) is 2.37. The van der Waals surface area contributed by atoms with Gasteiger partial charge in [0.1, 0.15) is 17.4 Å². The van der Waals surface area contributed by atoms with Crippen LogP contribution in [-0.4, -0.2) is 15.8 Å². The molecule has 0 aliphatic heterocycles. The van der Waals surface area contributed by atoms with Crippen molar-refractivity contribution in [2.45, 2.75) is 45.4 Å². The number of carbonyl (C=O) groups excluding carboxylic acids is 1. The first-order valence-electron chi connectivity index (χ1n) is 8.15. The third kappa shape index (κ3) is 5.81. The molecule has 0 bridgehead atoms. The average molecular weight is 314 g/mol. The van der Waals surface area contributed by atoms with Crippen LogP contribution in [0, 0.1) is 5.82 Å². The molecule has 2 rings (SSSR count). The summed E-state index contributed by atoms with van der Waals surface area (Å²) in [6.45, 7) is 2.03. The Hall–Kier alpha value is -2.23. The zero-order valence-corrected chi connectivity index (χ0v) is 13.5. The Balaban J connectivity index is 1.74. The zero-order valence-electron chi connectivity index (χ0n) is 13.5. The van der Waals surface area contributed by atoms with Gasteiger partial charge >= 0.3 is 0 Å². The van der Waals surface area contributed by atoms with E-state index in [0.717, 1.165) is 42.8 Å². The molecular formula is C19H23FN2O. The van der Waals surface area contributed by atoms with Crippen LogP contribution in [-0.2, 0) is 11.2 Å². The maximum Gasteiger partial charge on any atom is 0.133 e. The maximum atomic E-state index is 12.9. The van der Waals surface area contributed by atoms with Crippen molar-refractivity contribution in [1.82, 2.24) is 9.97 Å². The molecule has 0 amide bonds. The number of imidazole rings is 1. The number of rotatable bonds is 9. The van der Waals surface area contributed by atoms with Gasteiger partial charge in [-0.2, -0.15) is 0 Å². The Morgan fingerprint density at radius 1 is 1.17 bits per heavy atom. The third-order valence-electron chi connectivity index (χ3n) is 3.62. The Morgan fingerprint density at radius 3 is 2.65 bits per heavy atom. The largest absolute Gasteiger partial charge is 0.342 e. The highest BCUT2D eigenvalue weighted by atomic mass is 19.1. The van der Waals surface area contributed by atoms with Gasteiger partial charge in [0.05, 0.1) is 11.9 Å². The van der Waals surface area contributed by atoms with Crippen LogP contribution < -0.4 is 0 Å². The minimum absolute atomic E-state index is 0.240. The van der Waals surface area contributed by atoms with Crippen molar-refractivity contribution in [2.24, 2.45) is 0 Å². The molecule has 23 heavy (non-hydrogen) atoms. The van der Waals surface area contributed by atoms with Crippen molar-refractivity contribution in [3.05, 3.63) is 54.3 Å². The van der Waals surface area contributed by atoms with Crippen molar-refractivity contribution < 1.29 is 9.18 Å². The molecule has 0 radical (unpaired) electrons. The van der Waals surface area contributed by atoms with Gasteiger partial charge < -0.3 is 4.98 Å². The summed E-state index contributed by atoms with van der Waals surface area (Å²) in [6.07, 6.45) is 10.7. The Labute approximate surface area is 136 Å². The number of H-pyrrole nitrogens is 1. The van der Waals surface area contributed by atoms with Gasteiger partial charge in [0.25, 0.3) is 0 Å². The van der Waals surface area contributed by atoms with Gasteiger partial charge in [-0.1, -0.05) is 19.1 Å². The molecular weight excluding hydrogens is 291 g/mol. The van der Waals surface area contributed by atoms with Crippen molar-refractivity contribution in [1.29, 1.82) is 0 Å². The first-order chi connectivity index (χ1) is 11.2. The number of hydrogen-bond donors (Lipinski definition) is 1. The summed E-state index contributed by atoms with van der Waals surface area (Å²) in [7, 11) is 0. The van der Waals surface area contributed by atoms with Crippen LogP contribution in [0.5, 0.6) is 0 Å². The van der Waals surface area contributed by atoms with Gasteiger partial charge in [-0.05, 0) is 49.1 Å². The van der Waals surface area contributed by atoms with Crippen molar-refractivity contribution in [3.8, 4) is 11.3 Å². The molecule has 1 aromatic carbocycles. The van der Waals surface area contributed by atoms with E-state index in [9.17, 15) is 9.18 Å². The van der Waals surface area contributed by atoms with E-state index >= 15 is 0 Å². The second-order valence-electron chi connectivity index (χ2n) is 5.59. The Morgan fingerprint density at radius 2 is 1.91 bits per heavy atom. The van der Waals surface area contributed by atoms with E-state index in [0.29, 0.717) is 18.6 Å². The molecule has 4 heteroatoms. The van der Waals surface area contributed by atoms with Gasteiger partial charge in [-0.25, -0.2) is 9.37 Å². The highest BCUT2D eigenvalue weighted by Gasteiger charge is 2.03. The lowest BCUT2D eigenvalue weighted by atomic mass is 10.1. The predicted octanol–water partition coefficient (Wildman–Crippen LogP) is 4.85. The molecule has 0 fully saturated rings. The highest BCUT2D eigenvalue weighted by molar-refractivity contribution is 5.78. The standard InChI is InChI=1S/C19H23FN2O/c1-2-7-17(23)8-5-3-4-6-9-19-21-14-18(22-19)15-10-12-16(20)13-11-15/h3-4,10-14H,2,5-9H2,1H3,(H,21,22). The summed E-state index contributed by atoms with van der Waals surface area (Å²) in [5.41, 5.74) is 1.82. The number of hydrogen-bond acceptors (Lipinski definition) is 2. The molecule has 1 N–H and O–H groups in total. The predicted molar refractivity (Wildman–Crippen MR) is 90.6 cm³/mol. The maximum absolute atomic E-state index is 12.9. The van der Waals surface area contributed by atoms with Gasteiger partial charge in [0.15, 0.2) is 0 Å². The summed E-state index contributed by atoms with van der Waals surface area (Å²) < 4.78 is 12.9. The number of nitrogens with zero attached hydrogens (tertiary/aromatic N) is 1. The molecule has 0 atom stereocenters. The van der Waals surface area contributed by atoms with E-state index in [-0.39, 0.29) is 5.82 Å². The topological polar surface area (TPSA) is 45.8 Å². The first kappa shape index (κ1) is 17.1. The fourth-order valence-corrected chi connectivity index (χ4v) is 2.37.